The fraction of sp³-hybridized carbons (Fsp3) is 0.308. The van der Waals surface area contributed by atoms with Crippen LogP contribution in [0.25, 0.3) is 0 Å². The summed E-state index contributed by atoms with van der Waals surface area (Å²) in [4.78, 5) is 21.5. The molecule has 0 spiro atoms. The van der Waals surface area contributed by atoms with Crippen LogP contribution in [0.2, 0.25) is 0 Å². The molecule has 1 aliphatic rings. The molecule has 3 aromatic rings. The number of hydrogen-bond donors (Lipinski definition) is 0. The van der Waals surface area contributed by atoms with Crippen molar-refractivity contribution in [3.63, 3.8) is 0 Å². The number of anilines is 1. The number of ether oxygens (including phenoxy) is 2. The van der Waals surface area contributed by atoms with Crippen molar-refractivity contribution < 1.29 is 14.3 Å². The van der Waals surface area contributed by atoms with E-state index in [9.17, 15) is 4.79 Å². The van der Waals surface area contributed by atoms with Crippen LogP contribution in [0.4, 0.5) is 5.69 Å². The van der Waals surface area contributed by atoms with E-state index in [0.29, 0.717) is 25.3 Å². The third-order valence-corrected chi connectivity index (χ3v) is 5.82. The first-order chi connectivity index (χ1) is 15.5. The maximum Gasteiger partial charge on any atom is 0.253 e. The van der Waals surface area contributed by atoms with E-state index in [1.807, 2.05) is 55.1 Å². The predicted octanol–water partition coefficient (Wildman–Crippen LogP) is 4.25. The first-order valence-corrected chi connectivity index (χ1v) is 10.9. The molecule has 2 heterocycles. The fourth-order valence-corrected chi connectivity index (χ4v) is 4.08. The van der Waals surface area contributed by atoms with Crippen LogP contribution in [0.1, 0.15) is 27.0 Å². The lowest BCUT2D eigenvalue weighted by molar-refractivity contribution is 0.0746. The molecular formula is C26H29N3O3. The van der Waals surface area contributed by atoms with Crippen LogP contribution in [0.3, 0.4) is 0 Å². The zero-order valence-electron chi connectivity index (χ0n) is 18.9. The van der Waals surface area contributed by atoms with Crippen LogP contribution in [0, 0.1) is 13.8 Å². The normalized spacial score (nSPS) is 13.7. The van der Waals surface area contributed by atoms with E-state index in [2.05, 4.69) is 22.0 Å². The van der Waals surface area contributed by atoms with Gasteiger partial charge in [0, 0.05) is 55.4 Å². The average molecular weight is 432 g/mol. The van der Waals surface area contributed by atoms with Gasteiger partial charge in [0.05, 0.1) is 7.11 Å². The van der Waals surface area contributed by atoms with Gasteiger partial charge < -0.3 is 19.3 Å². The Morgan fingerprint density at radius 1 is 1.00 bits per heavy atom. The summed E-state index contributed by atoms with van der Waals surface area (Å²) >= 11 is 0. The molecular weight excluding hydrogens is 402 g/mol. The molecule has 0 unspecified atom stereocenters. The molecule has 6 heteroatoms. The number of benzene rings is 2. The van der Waals surface area contributed by atoms with Gasteiger partial charge in [-0.15, -0.1) is 0 Å². The fourth-order valence-electron chi connectivity index (χ4n) is 4.08. The van der Waals surface area contributed by atoms with Crippen LogP contribution < -0.4 is 14.4 Å². The molecule has 1 aromatic heterocycles. The summed E-state index contributed by atoms with van der Waals surface area (Å²) < 4.78 is 11.3. The molecule has 0 radical (unpaired) electrons. The van der Waals surface area contributed by atoms with Crippen molar-refractivity contribution in [2.45, 2.75) is 20.5 Å². The van der Waals surface area contributed by atoms with Crippen LogP contribution in [-0.4, -0.2) is 49.1 Å². The molecule has 6 nitrogen and oxygen atoms in total. The monoisotopic (exact) mass is 431 g/mol. The molecule has 1 aliphatic heterocycles. The third kappa shape index (κ3) is 4.85. The SMILES string of the molecule is COc1ccc(N2CCN(C(=O)c3cc(C)c(OCc4cccnc4)c(C)c3)CC2)cc1. The van der Waals surface area contributed by atoms with Crippen LogP contribution >= 0.6 is 0 Å². The standard InChI is InChI=1S/C26H29N3O3/c1-19-15-22(16-20(2)25(19)32-18-21-5-4-10-27-17-21)26(30)29-13-11-28(12-14-29)23-6-8-24(31-3)9-7-23/h4-10,15-17H,11-14,18H2,1-3H3. The molecule has 0 N–H and O–H groups in total. The highest BCUT2D eigenvalue weighted by Gasteiger charge is 2.23. The topological polar surface area (TPSA) is 54.9 Å². The molecule has 0 atom stereocenters. The van der Waals surface area contributed by atoms with Crippen LogP contribution in [0.15, 0.2) is 60.9 Å². The van der Waals surface area contributed by atoms with Gasteiger partial charge in [-0.2, -0.15) is 0 Å². The number of pyridine rings is 1. The van der Waals surface area contributed by atoms with Gasteiger partial charge in [0.25, 0.3) is 5.91 Å². The Bertz CT molecular complexity index is 1040. The van der Waals surface area contributed by atoms with E-state index >= 15 is 0 Å². The molecule has 1 amide bonds. The number of rotatable bonds is 6. The quantitative estimate of drug-likeness (QED) is 0.584. The second-order valence-electron chi connectivity index (χ2n) is 8.07. The Labute approximate surface area is 189 Å². The molecule has 1 saturated heterocycles. The van der Waals surface area contributed by atoms with Crippen molar-refractivity contribution in [3.05, 3.63) is 83.2 Å². The van der Waals surface area contributed by atoms with Gasteiger partial charge in [0.1, 0.15) is 18.1 Å². The van der Waals surface area contributed by atoms with Crippen LogP contribution in [0.5, 0.6) is 11.5 Å². The molecule has 1 fully saturated rings. The maximum absolute atomic E-state index is 13.2. The first kappa shape index (κ1) is 21.7. The highest BCUT2D eigenvalue weighted by Crippen LogP contribution is 2.27. The van der Waals surface area contributed by atoms with Gasteiger partial charge in [-0.3, -0.25) is 9.78 Å². The van der Waals surface area contributed by atoms with Crippen molar-refractivity contribution in [1.29, 1.82) is 0 Å². The Hall–Kier alpha value is -3.54. The van der Waals surface area contributed by atoms with E-state index < -0.39 is 0 Å². The minimum Gasteiger partial charge on any atom is -0.497 e. The number of piperazine rings is 1. The van der Waals surface area contributed by atoms with E-state index in [1.54, 1.807) is 19.5 Å². The number of aromatic nitrogens is 1. The predicted molar refractivity (Wildman–Crippen MR) is 126 cm³/mol. The lowest BCUT2D eigenvalue weighted by Crippen LogP contribution is -2.48. The van der Waals surface area contributed by atoms with Crippen molar-refractivity contribution in [2.75, 3.05) is 38.2 Å². The van der Waals surface area contributed by atoms with Gasteiger partial charge in [0.2, 0.25) is 0 Å². The molecule has 32 heavy (non-hydrogen) atoms. The summed E-state index contributed by atoms with van der Waals surface area (Å²) in [6.07, 6.45) is 3.55. The zero-order valence-corrected chi connectivity index (χ0v) is 18.9. The second-order valence-corrected chi connectivity index (χ2v) is 8.07. The minimum absolute atomic E-state index is 0.0735. The van der Waals surface area contributed by atoms with E-state index in [4.69, 9.17) is 9.47 Å². The molecule has 4 rings (SSSR count). The lowest BCUT2D eigenvalue weighted by atomic mass is 10.0. The zero-order chi connectivity index (χ0) is 22.5. The van der Waals surface area contributed by atoms with Gasteiger partial charge in [-0.05, 0) is 67.4 Å². The third-order valence-electron chi connectivity index (χ3n) is 5.82. The molecule has 2 aromatic carbocycles. The number of nitrogens with zero attached hydrogens (tertiary/aromatic N) is 3. The molecule has 0 saturated carbocycles. The number of hydrogen-bond acceptors (Lipinski definition) is 5. The van der Waals surface area contributed by atoms with Crippen molar-refractivity contribution in [2.24, 2.45) is 0 Å². The Kier molecular flexibility index (Phi) is 6.59. The molecule has 166 valence electrons. The van der Waals surface area contributed by atoms with E-state index in [1.165, 1.54) is 0 Å². The maximum atomic E-state index is 13.2. The summed E-state index contributed by atoms with van der Waals surface area (Å²) in [7, 11) is 1.67. The van der Waals surface area contributed by atoms with Crippen molar-refractivity contribution in [3.8, 4) is 11.5 Å². The highest BCUT2D eigenvalue weighted by molar-refractivity contribution is 5.95. The number of carbonyl (C=O) groups is 1. The number of methoxy groups -OCH3 is 1. The Morgan fingerprint density at radius 2 is 1.69 bits per heavy atom. The summed E-state index contributed by atoms with van der Waals surface area (Å²) in [6.45, 7) is 7.44. The Morgan fingerprint density at radius 3 is 2.28 bits per heavy atom. The lowest BCUT2D eigenvalue weighted by Gasteiger charge is -2.36. The summed E-state index contributed by atoms with van der Waals surface area (Å²) in [5, 5.41) is 0. The van der Waals surface area contributed by atoms with Crippen molar-refractivity contribution >= 4 is 11.6 Å². The van der Waals surface area contributed by atoms with Gasteiger partial charge in [0.15, 0.2) is 0 Å². The molecule has 0 bridgehead atoms. The summed E-state index contributed by atoms with van der Waals surface area (Å²) in [5.41, 5.74) is 4.82. The first-order valence-electron chi connectivity index (χ1n) is 10.9. The number of aryl methyl sites for hydroxylation is 2. The van der Waals surface area contributed by atoms with Gasteiger partial charge >= 0.3 is 0 Å². The second kappa shape index (κ2) is 9.73. The van der Waals surface area contributed by atoms with E-state index in [0.717, 1.165) is 47.0 Å². The van der Waals surface area contributed by atoms with Crippen molar-refractivity contribution in [1.82, 2.24) is 9.88 Å². The average Bonchev–Trinajstić information content (AvgIpc) is 2.84. The summed E-state index contributed by atoms with van der Waals surface area (Å²) in [5.74, 6) is 1.75. The Balaban J connectivity index is 1.39. The highest BCUT2D eigenvalue weighted by atomic mass is 16.5. The minimum atomic E-state index is 0.0735. The van der Waals surface area contributed by atoms with Crippen LogP contribution in [-0.2, 0) is 6.61 Å². The number of carbonyl (C=O) groups excluding carboxylic acids is 1. The molecule has 0 aliphatic carbocycles. The van der Waals surface area contributed by atoms with E-state index in [-0.39, 0.29) is 5.91 Å². The summed E-state index contributed by atoms with van der Waals surface area (Å²) in [6, 6.07) is 15.8. The number of amides is 1. The largest absolute Gasteiger partial charge is 0.497 e. The van der Waals surface area contributed by atoms with Gasteiger partial charge in [-0.25, -0.2) is 0 Å². The van der Waals surface area contributed by atoms with Gasteiger partial charge in [-0.1, -0.05) is 6.07 Å². The smallest absolute Gasteiger partial charge is 0.253 e.